The molecular formula is C106H286N22O12. The fourth-order valence-electron chi connectivity index (χ4n) is 2.37. The van der Waals surface area contributed by atoms with E-state index in [1.54, 1.807) is 197 Å². The number of aliphatic imine (C=N–C) groups is 6. The zero-order valence-corrected chi connectivity index (χ0v) is 90.8. The predicted molar refractivity (Wildman–Crippen MR) is 664 cm³/mol. The van der Waals surface area contributed by atoms with Crippen molar-refractivity contribution in [1.82, 2.24) is 78.4 Å². The summed E-state index contributed by atoms with van der Waals surface area (Å²) < 4.78 is 17.7. The van der Waals surface area contributed by atoms with Crippen LogP contribution in [0.3, 0.4) is 0 Å². The average Bonchev–Trinajstić information content (AvgIpc) is 0.980. The molecule has 0 saturated carbocycles. The molecule has 0 atom stereocenters. The molecule has 0 bridgehead atoms. The first-order valence-corrected chi connectivity index (χ1v) is 40.2. The zero-order valence-electron chi connectivity index (χ0n) is 90.8. The van der Waals surface area contributed by atoms with Crippen molar-refractivity contribution >= 4 is 82.9 Å². The molecule has 140 heavy (non-hydrogen) atoms. The lowest BCUT2D eigenvalue weighted by Gasteiger charge is -2.16. The predicted octanol–water partition coefficient (Wildman–Crippen LogP) is 26.3. The summed E-state index contributed by atoms with van der Waals surface area (Å²) in [6, 6.07) is 0.0370. The van der Waals surface area contributed by atoms with Crippen LogP contribution in [0.25, 0.3) is 0 Å². The molecule has 34 nitrogen and oxygen atoms in total. The van der Waals surface area contributed by atoms with Crippen LogP contribution in [0.1, 0.15) is 338 Å². The van der Waals surface area contributed by atoms with Gasteiger partial charge in [-0.15, -0.1) is 0 Å². The van der Waals surface area contributed by atoms with Crippen molar-refractivity contribution in [2.24, 2.45) is 30.0 Å². The van der Waals surface area contributed by atoms with Gasteiger partial charge in [0.05, 0.1) is 49.2 Å². The van der Waals surface area contributed by atoms with Crippen LogP contribution in [-0.2, 0) is 38.1 Å². The maximum Gasteiger partial charge on any atom is 0.408 e. The molecule has 0 rings (SSSR count). The standard InChI is InChI=1S/2C5H12N2O.6C5H12N2.2C4H9NO2.4C4H9NO.4C4H10.2C3H8O.20CH4/c2*1-6(2)5(8)7(3)4;6*1-5(6-2)7(3)4;2*1-5(2)4(6)7-3;4*1-4(6)5(2)3;6*1-3-4-2;;;;;;;;;;;;;;;;;;;;/h2*1-4H3;6*1-4H3;2*1-3H3;4*1-3H3;4*3-4H2,1-2H3;2*3H2,1-2H3;20*1H4. The summed E-state index contributed by atoms with van der Waals surface area (Å²) in [5.74, 6) is 6.70. The van der Waals surface area contributed by atoms with E-state index < -0.39 is 0 Å². The molecule has 34 heteroatoms. The SMILES string of the molecule is C.C.C.C.C.C.C.C.C.C.C.C.C.C.C.C.C.C.C.C.CC(=O)N(C)C.CC(=O)N(C)C.CC(=O)N(C)C.CC(=O)N(C)C.CCCC.CCCC.CCCC.CCCC.CCOC.CCOC.CN(C)C(=O)N(C)C.CN(C)C(=O)N(C)C.CN=C(C)N(C)C.CN=C(C)N(C)C.CN=C(C)N(C)C.CN=C(C)N(C)C.CN=C(C)N(C)C.CN=C(C)N(C)C.COC(=O)N(C)C.COC(=O)N(C)C. The van der Waals surface area contributed by atoms with Crippen LogP contribution >= 0.6 is 0 Å². The molecule has 0 aliphatic rings. The van der Waals surface area contributed by atoms with Crippen LogP contribution in [0, 0.1) is 0 Å². The highest BCUT2D eigenvalue weighted by molar-refractivity contribution is 5.81. The Morgan fingerprint density at radius 1 is 0.171 bits per heavy atom. The first-order chi connectivity index (χ1) is 54.6. The number of carbonyl (C=O) groups is 8. The first kappa shape index (κ1) is 268. The van der Waals surface area contributed by atoms with Gasteiger partial charge in [-0.05, 0) is 55.4 Å². The average molecular weight is 2060 g/mol. The number of methoxy groups -OCH3 is 4. The number of amidine groups is 6. The van der Waals surface area contributed by atoms with E-state index in [-0.39, 0.29) is 196 Å². The second-order valence-corrected chi connectivity index (χ2v) is 27.7. The fraction of sp³-hybridized carbons (Fsp3) is 0.868. The normalized spacial score (nSPS) is 7.90. The molecule has 0 spiro atoms. The van der Waals surface area contributed by atoms with Crippen molar-refractivity contribution in [3.63, 3.8) is 0 Å². The summed E-state index contributed by atoms with van der Waals surface area (Å²) >= 11 is 0. The molecule has 892 valence electrons. The Kier molecular flexibility index (Phi) is 406. The first-order valence-electron chi connectivity index (χ1n) is 40.2. The lowest BCUT2D eigenvalue weighted by molar-refractivity contribution is -0.127. The summed E-state index contributed by atoms with van der Waals surface area (Å²) in [6.45, 7) is 40.9. The molecule has 0 aliphatic heterocycles. The van der Waals surface area contributed by atoms with Crippen molar-refractivity contribution in [2.45, 2.75) is 338 Å². The van der Waals surface area contributed by atoms with Crippen molar-refractivity contribution in [1.29, 1.82) is 0 Å². The number of hydrogen-bond donors (Lipinski definition) is 0. The number of unbranched alkanes of at least 4 members (excludes halogenated alkanes) is 4. The van der Waals surface area contributed by atoms with Crippen LogP contribution in [0.5, 0.6) is 0 Å². The van der Waals surface area contributed by atoms with Crippen molar-refractivity contribution in [3.8, 4) is 0 Å². The minimum Gasteiger partial charge on any atom is -0.453 e. The third-order valence-electron chi connectivity index (χ3n) is 13.5. The molecule has 0 aliphatic carbocycles. The maximum absolute atomic E-state index is 10.7. The molecule has 0 aromatic carbocycles. The topological polar surface area (TPSA) is 299 Å². The highest BCUT2D eigenvalue weighted by Crippen LogP contribution is 1.87. The van der Waals surface area contributed by atoms with E-state index in [4.69, 9.17) is 0 Å². The van der Waals surface area contributed by atoms with Gasteiger partial charge < -0.3 is 97.3 Å². The van der Waals surface area contributed by atoms with E-state index in [2.05, 4.69) is 104 Å². The number of amides is 10. The van der Waals surface area contributed by atoms with E-state index in [1.165, 1.54) is 142 Å². The van der Waals surface area contributed by atoms with Gasteiger partial charge in [0.1, 0.15) is 0 Å². The molecule has 0 heterocycles. The van der Waals surface area contributed by atoms with Gasteiger partial charge >= 0.3 is 24.2 Å². The largest absolute Gasteiger partial charge is 0.453 e. The fourth-order valence-corrected chi connectivity index (χ4v) is 2.37. The number of hydrogen-bond acceptors (Lipinski definition) is 18. The minimum absolute atomic E-state index is 0. The van der Waals surface area contributed by atoms with Crippen molar-refractivity contribution in [3.05, 3.63) is 0 Å². The molecule has 0 unspecified atom stereocenters. The molecule has 0 fully saturated rings. The Balaban J connectivity index is -0.0000000197. The molecule has 0 saturated heterocycles. The number of carbonyl (C=O) groups excluding carboxylic acids is 8. The number of urea groups is 2. The lowest BCUT2D eigenvalue weighted by atomic mass is 10.4. The third kappa shape index (κ3) is 356. The Hall–Kier alpha value is -8.30. The van der Waals surface area contributed by atoms with E-state index in [0.717, 1.165) is 48.2 Å². The van der Waals surface area contributed by atoms with Gasteiger partial charge in [-0.3, -0.25) is 49.1 Å². The highest BCUT2D eigenvalue weighted by Gasteiger charge is 2.04. The zero-order chi connectivity index (χ0) is 101. The van der Waals surface area contributed by atoms with E-state index in [1.807, 2.05) is 169 Å². The van der Waals surface area contributed by atoms with Crippen molar-refractivity contribution in [2.75, 3.05) is 309 Å². The Morgan fingerprint density at radius 2 is 0.250 bits per heavy atom. The van der Waals surface area contributed by atoms with Gasteiger partial charge in [0.2, 0.25) is 23.6 Å². The van der Waals surface area contributed by atoms with Gasteiger partial charge in [0, 0.05) is 323 Å². The Morgan fingerprint density at radius 3 is 0.250 bits per heavy atom. The molecular weight excluding hydrogens is 1770 g/mol. The van der Waals surface area contributed by atoms with E-state index >= 15 is 0 Å². The van der Waals surface area contributed by atoms with Gasteiger partial charge in [-0.25, -0.2) is 19.2 Å². The molecule has 0 N–H and O–H groups in total. The van der Waals surface area contributed by atoms with E-state index in [0.29, 0.717) is 0 Å². The van der Waals surface area contributed by atoms with Gasteiger partial charge in [-0.1, -0.05) is 255 Å². The molecule has 0 radical (unpaired) electrons. The van der Waals surface area contributed by atoms with Crippen LogP contribution in [0.15, 0.2) is 30.0 Å². The summed E-state index contributed by atoms with van der Waals surface area (Å²) in [7, 11) is 74.6. The molecule has 10 amide bonds. The third-order valence-corrected chi connectivity index (χ3v) is 13.5. The second-order valence-electron chi connectivity index (χ2n) is 27.7. The highest BCUT2D eigenvalue weighted by atomic mass is 16.5. The van der Waals surface area contributed by atoms with Crippen LogP contribution in [0.4, 0.5) is 19.2 Å². The summed E-state index contributed by atoms with van der Waals surface area (Å²) in [5, 5.41) is 0. The molecule has 0 aromatic rings. The smallest absolute Gasteiger partial charge is 0.408 e. The van der Waals surface area contributed by atoms with Crippen LogP contribution < -0.4 is 0 Å². The maximum atomic E-state index is 10.7. The molecule has 0 aromatic heterocycles. The number of ether oxygens (including phenoxy) is 4. The Labute approximate surface area is 892 Å². The van der Waals surface area contributed by atoms with Gasteiger partial charge in [0.25, 0.3) is 0 Å². The number of nitrogens with zero attached hydrogens (tertiary/aromatic N) is 22. The second kappa shape index (κ2) is 213. The monoisotopic (exact) mass is 2060 g/mol. The Bertz CT molecular complexity index is 2000. The summed E-state index contributed by atoms with van der Waals surface area (Å²) in [5.41, 5.74) is 0. The van der Waals surface area contributed by atoms with E-state index in [9.17, 15) is 38.4 Å². The summed E-state index contributed by atoms with van der Waals surface area (Å²) in [4.78, 5) is 132. The lowest BCUT2D eigenvalue weighted by Crippen LogP contribution is -2.33. The van der Waals surface area contributed by atoms with Crippen LogP contribution in [-0.4, -0.2) is 471 Å². The summed E-state index contributed by atoms with van der Waals surface area (Å²) in [6.07, 6.45) is 9.92. The van der Waals surface area contributed by atoms with Gasteiger partial charge in [0.15, 0.2) is 0 Å². The number of rotatable bonds is 6. The van der Waals surface area contributed by atoms with Crippen LogP contribution in [0.2, 0.25) is 0 Å². The minimum atomic E-state index is -0.319. The quantitative estimate of drug-likeness (QED) is 0.176. The van der Waals surface area contributed by atoms with Gasteiger partial charge in [-0.2, -0.15) is 0 Å². The van der Waals surface area contributed by atoms with Crippen molar-refractivity contribution < 1.29 is 57.3 Å².